The lowest BCUT2D eigenvalue weighted by Crippen LogP contribution is -2.46. The van der Waals surface area contributed by atoms with E-state index in [0.717, 1.165) is 53.0 Å². The van der Waals surface area contributed by atoms with E-state index >= 15 is 0 Å². The first kappa shape index (κ1) is 28.5. The van der Waals surface area contributed by atoms with Crippen molar-refractivity contribution in [2.45, 2.75) is 22.3 Å². The number of phenols is 2. The van der Waals surface area contributed by atoms with Crippen LogP contribution in [0, 0.1) is 0 Å². The van der Waals surface area contributed by atoms with Crippen molar-refractivity contribution in [1.82, 2.24) is 9.80 Å². The van der Waals surface area contributed by atoms with Crippen molar-refractivity contribution in [3.8, 4) is 11.5 Å². The molecule has 2 aromatic rings. The van der Waals surface area contributed by atoms with Crippen LogP contribution in [0.2, 0.25) is 5.02 Å². The highest BCUT2D eigenvalue weighted by atomic mass is 79.9. The van der Waals surface area contributed by atoms with E-state index in [-0.39, 0.29) is 62.5 Å². The summed E-state index contributed by atoms with van der Waals surface area (Å²) in [6.07, 6.45) is 0.799. The number of phenolic OH excluding ortho intramolecular Hbond substituents is 2. The van der Waals surface area contributed by atoms with Crippen molar-refractivity contribution < 1.29 is 21.2 Å². The van der Waals surface area contributed by atoms with Crippen molar-refractivity contribution >= 4 is 57.3 Å². The molecular formula is C19H27Br2ClN2O4S. The van der Waals surface area contributed by atoms with Gasteiger partial charge in [-0.3, -0.25) is 4.90 Å². The number of hydrogen-bond acceptors (Lipinski definition) is 5. The van der Waals surface area contributed by atoms with Gasteiger partial charge in [0.05, 0.1) is 0 Å². The van der Waals surface area contributed by atoms with Crippen molar-refractivity contribution in [1.29, 1.82) is 0 Å². The van der Waals surface area contributed by atoms with E-state index in [1.165, 1.54) is 5.56 Å². The van der Waals surface area contributed by atoms with Crippen LogP contribution >= 0.6 is 57.3 Å². The van der Waals surface area contributed by atoms with Gasteiger partial charge in [-0.05, 0) is 54.9 Å². The van der Waals surface area contributed by atoms with Crippen LogP contribution in [0.25, 0.3) is 0 Å². The third kappa shape index (κ3) is 6.01. The molecule has 164 valence electrons. The fourth-order valence-corrected chi connectivity index (χ4v) is 4.93. The summed E-state index contributed by atoms with van der Waals surface area (Å²) >= 11 is 7.94. The number of likely N-dealkylation sites (N-methyl/N-ethyl adjacent to an activating group) is 1. The summed E-state index contributed by atoms with van der Waals surface area (Å²) in [6.45, 7) is 4.12. The first-order valence-corrected chi connectivity index (χ1v) is 9.65. The number of hydrogen-bond donors (Lipinski definition) is 2. The van der Waals surface area contributed by atoms with Gasteiger partial charge in [0.25, 0.3) is 0 Å². The maximum Gasteiger partial charge on any atom is 0.158 e. The third-order valence-electron chi connectivity index (χ3n) is 5.10. The van der Waals surface area contributed by atoms with Gasteiger partial charge in [-0.2, -0.15) is 0 Å². The molecule has 6 N–H and O–H groups in total. The first-order chi connectivity index (χ1) is 12.0. The Hall–Kier alpha value is -0.520. The number of piperazine rings is 1. The Morgan fingerprint density at radius 1 is 0.931 bits per heavy atom. The smallest absolute Gasteiger partial charge is 0.158 e. The van der Waals surface area contributed by atoms with Crippen LogP contribution in [0.15, 0.2) is 40.1 Å². The summed E-state index contributed by atoms with van der Waals surface area (Å²) in [7, 11) is 2.15. The van der Waals surface area contributed by atoms with E-state index in [9.17, 15) is 10.2 Å². The summed E-state index contributed by atoms with van der Waals surface area (Å²) in [4.78, 5) is 7.01. The summed E-state index contributed by atoms with van der Waals surface area (Å²) in [5.41, 5.74) is 2.30. The van der Waals surface area contributed by atoms with Crippen LogP contribution in [-0.2, 0) is 6.42 Å². The van der Waals surface area contributed by atoms with E-state index in [1.54, 1.807) is 23.9 Å². The van der Waals surface area contributed by atoms with E-state index in [1.807, 2.05) is 6.07 Å². The number of nitrogens with zero attached hydrogens (tertiary/aromatic N) is 2. The lowest BCUT2D eigenvalue weighted by Gasteiger charge is -2.38. The molecule has 1 fully saturated rings. The number of benzene rings is 2. The summed E-state index contributed by atoms with van der Waals surface area (Å²) in [5, 5.41) is 20.6. The molecule has 2 heterocycles. The quantitative estimate of drug-likeness (QED) is 0.508. The van der Waals surface area contributed by atoms with Crippen molar-refractivity contribution in [3.05, 3.63) is 46.5 Å². The molecule has 6 nitrogen and oxygen atoms in total. The second kappa shape index (κ2) is 11.8. The Morgan fingerprint density at radius 3 is 2.21 bits per heavy atom. The molecule has 0 saturated carbocycles. The molecule has 2 aliphatic rings. The summed E-state index contributed by atoms with van der Waals surface area (Å²) in [6, 6.07) is 9.64. The SMILES string of the molecule is Br.Br.CN1CCN(C2Cc3cc(O)c(O)cc3Sc3ccc(Cl)cc32)CC1.O.O. The van der Waals surface area contributed by atoms with Crippen LogP contribution < -0.4 is 0 Å². The largest absolute Gasteiger partial charge is 0.504 e. The maximum atomic E-state index is 9.96. The monoisotopic (exact) mass is 572 g/mol. The van der Waals surface area contributed by atoms with Crippen LogP contribution in [-0.4, -0.2) is 64.2 Å². The third-order valence-corrected chi connectivity index (χ3v) is 6.53. The van der Waals surface area contributed by atoms with E-state index in [0.29, 0.717) is 0 Å². The summed E-state index contributed by atoms with van der Waals surface area (Å²) in [5.74, 6) is -0.125. The lowest BCUT2D eigenvalue weighted by atomic mass is 9.96. The molecule has 2 aromatic carbocycles. The van der Waals surface area contributed by atoms with Gasteiger partial charge in [-0.1, -0.05) is 23.4 Å². The molecule has 1 unspecified atom stereocenters. The molecule has 0 aromatic heterocycles. The van der Waals surface area contributed by atoms with Gasteiger partial charge in [0, 0.05) is 47.0 Å². The van der Waals surface area contributed by atoms with Crippen molar-refractivity contribution in [3.63, 3.8) is 0 Å². The minimum absolute atomic E-state index is 0. The van der Waals surface area contributed by atoms with Crippen molar-refractivity contribution in [2.24, 2.45) is 0 Å². The minimum Gasteiger partial charge on any atom is -0.504 e. The van der Waals surface area contributed by atoms with Gasteiger partial charge < -0.3 is 26.1 Å². The molecule has 0 spiro atoms. The Labute approximate surface area is 201 Å². The molecule has 4 rings (SSSR count). The van der Waals surface area contributed by atoms with Crippen LogP contribution in [0.3, 0.4) is 0 Å². The van der Waals surface area contributed by atoms with Gasteiger partial charge in [-0.15, -0.1) is 34.0 Å². The summed E-state index contributed by atoms with van der Waals surface area (Å²) < 4.78 is 0. The Bertz CT molecular complexity index is 823. The minimum atomic E-state index is -0.0696. The van der Waals surface area contributed by atoms with Crippen molar-refractivity contribution in [2.75, 3.05) is 33.2 Å². The number of fused-ring (bicyclic) bond motifs is 2. The number of rotatable bonds is 1. The highest BCUT2D eigenvalue weighted by molar-refractivity contribution is 8.93. The molecule has 1 saturated heterocycles. The lowest BCUT2D eigenvalue weighted by molar-refractivity contribution is 0.110. The fourth-order valence-electron chi connectivity index (χ4n) is 3.62. The van der Waals surface area contributed by atoms with Gasteiger partial charge in [0.2, 0.25) is 0 Å². The number of halogens is 3. The molecule has 1 atom stereocenters. The highest BCUT2D eigenvalue weighted by Gasteiger charge is 2.30. The average Bonchev–Trinajstić information content (AvgIpc) is 2.73. The van der Waals surface area contributed by atoms with Gasteiger partial charge in [0.1, 0.15) is 0 Å². The highest BCUT2D eigenvalue weighted by Crippen LogP contribution is 2.46. The Balaban J connectivity index is 0.00000196. The Morgan fingerprint density at radius 2 is 1.55 bits per heavy atom. The van der Waals surface area contributed by atoms with Gasteiger partial charge in [0.15, 0.2) is 11.5 Å². The van der Waals surface area contributed by atoms with E-state index in [2.05, 4.69) is 29.0 Å². The Kier molecular flexibility index (Phi) is 11.5. The van der Waals surface area contributed by atoms with Gasteiger partial charge >= 0.3 is 0 Å². The maximum absolute atomic E-state index is 9.96. The molecule has 0 aliphatic carbocycles. The van der Waals surface area contributed by atoms with Gasteiger partial charge in [-0.25, -0.2) is 0 Å². The normalized spacial score (nSPS) is 18.5. The standard InChI is InChI=1S/C19H21ClN2O2S.2BrH.2H2O/c1-21-4-6-22(7-5-21)15-8-12-9-16(23)17(24)11-19(12)25-18-3-2-13(20)10-14(15)18;;;;/h2-3,9-11,15,23-24H,4-8H2,1H3;2*1H;2*1H2. The van der Waals surface area contributed by atoms with Crippen LogP contribution in [0.4, 0.5) is 0 Å². The first-order valence-electron chi connectivity index (χ1n) is 8.46. The van der Waals surface area contributed by atoms with Crippen LogP contribution in [0.1, 0.15) is 17.2 Å². The zero-order valence-corrected chi connectivity index (χ0v) is 20.9. The number of aromatic hydroxyl groups is 2. The van der Waals surface area contributed by atoms with Crippen LogP contribution in [0.5, 0.6) is 11.5 Å². The molecule has 29 heavy (non-hydrogen) atoms. The molecular weight excluding hydrogens is 548 g/mol. The topological polar surface area (TPSA) is 110 Å². The zero-order valence-electron chi connectivity index (χ0n) is 15.9. The zero-order chi connectivity index (χ0) is 17.6. The molecule has 10 heteroatoms. The molecule has 0 amide bonds. The molecule has 0 bridgehead atoms. The molecule has 2 aliphatic heterocycles. The average molecular weight is 575 g/mol. The van der Waals surface area contributed by atoms with E-state index < -0.39 is 0 Å². The van der Waals surface area contributed by atoms with E-state index in [4.69, 9.17) is 11.6 Å². The molecule has 0 radical (unpaired) electrons. The second-order valence-electron chi connectivity index (χ2n) is 6.79. The second-order valence-corrected chi connectivity index (χ2v) is 8.31. The predicted molar refractivity (Wildman–Crippen MR) is 129 cm³/mol. The fraction of sp³-hybridized carbons (Fsp3) is 0.368. The predicted octanol–water partition coefficient (Wildman–Crippen LogP) is 3.25.